The highest BCUT2D eigenvalue weighted by molar-refractivity contribution is 5.81. The van der Waals surface area contributed by atoms with E-state index in [-0.39, 0.29) is 50.1 Å². The van der Waals surface area contributed by atoms with E-state index in [1.807, 2.05) is 0 Å². The molecule has 1 unspecified atom stereocenters. The van der Waals surface area contributed by atoms with Crippen molar-refractivity contribution < 1.29 is 38.1 Å². The number of unbranched alkanes of at least 4 members (excludes halogenated alkanes) is 1. The third-order valence-electron chi connectivity index (χ3n) is 4.33. The smallest absolute Gasteiger partial charge is 0.246 e. The van der Waals surface area contributed by atoms with Crippen LogP contribution in [0.2, 0.25) is 0 Å². The molecule has 0 radical (unpaired) electrons. The van der Waals surface area contributed by atoms with Crippen LogP contribution in [0.15, 0.2) is 0 Å². The molecule has 3 amide bonds. The number of Topliss-reactive ketones (excluding diaryl/α,β-unsaturated/α-hetero) is 1. The predicted octanol–water partition coefficient (Wildman–Crippen LogP) is -1.62. The predicted molar refractivity (Wildman–Crippen MR) is 121 cm³/mol. The van der Waals surface area contributed by atoms with E-state index >= 15 is 0 Å². The summed E-state index contributed by atoms with van der Waals surface area (Å²) in [5.41, 5.74) is 0. The van der Waals surface area contributed by atoms with Crippen LogP contribution in [0, 0.1) is 0 Å². The molecular weight excluding hydrogens is 436 g/mol. The van der Waals surface area contributed by atoms with Gasteiger partial charge in [-0.1, -0.05) is 0 Å². The van der Waals surface area contributed by atoms with Gasteiger partial charge in [-0.2, -0.15) is 0 Å². The van der Waals surface area contributed by atoms with Crippen LogP contribution in [0.25, 0.3) is 0 Å². The molecule has 0 aliphatic rings. The van der Waals surface area contributed by atoms with Crippen LogP contribution in [0.5, 0.6) is 0 Å². The van der Waals surface area contributed by atoms with Crippen LogP contribution >= 0.6 is 0 Å². The zero-order valence-electron chi connectivity index (χ0n) is 19.8. The van der Waals surface area contributed by atoms with E-state index in [4.69, 9.17) is 18.9 Å². The SMILES string of the molecule is CNC(CCCCNC(=O)COCCOCCNC(=O)COCCOCCNC=O)C(C)=O. The molecule has 4 N–H and O–H groups in total. The summed E-state index contributed by atoms with van der Waals surface area (Å²) in [7, 11) is 1.76. The Morgan fingerprint density at radius 1 is 0.758 bits per heavy atom. The van der Waals surface area contributed by atoms with Crippen LogP contribution in [-0.4, -0.2) is 110 Å². The van der Waals surface area contributed by atoms with Crippen molar-refractivity contribution >= 4 is 24.0 Å². The molecule has 0 fully saturated rings. The Morgan fingerprint density at radius 2 is 1.30 bits per heavy atom. The molecular formula is C21H40N4O8. The van der Waals surface area contributed by atoms with Gasteiger partial charge < -0.3 is 40.2 Å². The average Bonchev–Trinajstić information content (AvgIpc) is 2.79. The summed E-state index contributed by atoms with van der Waals surface area (Å²) in [5.74, 6) is -0.327. The van der Waals surface area contributed by atoms with Crippen LogP contribution < -0.4 is 21.3 Å². The number of hydrogen-bond donors (Lipinski definition) is 4. The van der Waals surface area contributed by atoms with E-state index in [1.54, 1.807) is 14.0 Å². The number of nitrogens with one attached hydrogen (secondary N) is 4. The maximum absolute atomic E-state index is 11.7. The van der Waals surface area contributed by atoms with E-state index in [2.05, 4.69) is 21.3 Å². The molecule has 0 rings (SSSR count). The van der Waals surface area contributed by atoms with Crippen molar-refractivity contribution in [3.63, 3.8) is 0 Å². The second-order valence-corrected chi connectivity index (χ2v) is 7.05. The maximum atomic E-state index is 11.7. The molecule has 192 valence electrons. The summed E-state index contributed by atoms with van der Waals surface area (Å²) >= 11 is 0. The van der Waals surface area contributed by atoms with Crippen LogP contribution in [0.4, 0.5) is 0 Å². The number of ether oxygens (including phenoxy) is 4. The second kappa shape index (κ2) is 23.1. The monoisotopic (exact) mass is 476 g/mol. The molecule has 0 aromatic carbocycles. The number of carbonyl (C=O) groups is 4. The molecule has 0 bridgehead atoms. The third-order valence-corrected chi connectivity index (χ3v) is 4.33. The summed E-state index contributed by atoms with van der Waals surface area (Å²) in [6, 6.07) is -0.125. The fourth-order valence-corrected chi connectivity index (χ4v) is 2.58. The molecule has 12 nitrogen and oxygen atoms in total. The molecule has 33 heavy (non-hydrogen) atoms. The number of carbonyl (C=O) groups excluding carboxylic acids is 4. The molecule has 0 spiro atoms. The van der Waals surface area contributed by atoms with Gasteiger partial charge in [0.15, 0.2) is 0 Å². The van der Waals surface area contributed by atoms with E-state index in [0.717, 1.165) is 19.3 Å². The van der Waals surface area contributed by atoms with Crippen LogP contribution in [0.1, 0.15) is 26.2 Å². The van der Waals surface area contributed by atoms with E-state index in [0.29, 0.717) is 52.5 Å². The first-order chi connectivity index (χ1) is 16.0. The number of amides is 3. The molecule has 1 atom stereocenters. The summed E-state index contributed by atoms with van der Waals surface area (Å²) < 4.78 is 20.9. The minimum absolute atomic E-state index is 0.0403. The summed E-state index contributed by atoms with van der Waals surface area (Å²) in [6.07, 6.45) is 2.99. The van der Waals surface area contributed by atoms with Crippen molar-refractivity contribution in [3.8, 4) is 0 Å². The lowest BCUT2D eigenvalue weighted by Gasteiger charge is -2.12. The maximum Gasteiger partial charge on any atom is 0.246 e. The summed E-state index contributed by atoms with van der Waals surface area (Å²) in [5, 5.41) is 10.9. The lowest BCUT2D eigenvalue weighted by Crippen LogP contribution is -2.33. The fraction of sp³-hybridized carbons (Fsp3) is 0.810. The first-order valence-electron chi connectivity index (χ1n) is 11.2. The number of rotatable bonds is 24. The summed E-state index contributed by atoms with van der Waals surface area (Å²) in [4.78, 5) is 44.6. The van der Waals surface area contributed by atoms with Gasteiger partial charge in [-0.05, 0) is 33.2 Å². The quantitative estimate of drug-likeness (QED) is 0.0951. The first kappa shape index (κ1) is 30.9. The average molecular weight is 477 g/mol. The zero-order valence-corrected chi connectivity index (χ0v) is 19.8. The van der Waals surface area contributed by atoms with Crippen molar-refractivity contribution in [3.05, 3.63) is 0 Å². The Morgan fingerprint density at radius 3 is 1.85 bits per heavy atom. The van der Waals surface area contributed by atoms with Crippen LogP contribution in [0.3, 0.4) is 0 Å². The third kappa shape index (κ3) is 21.5. The van der Waals surface area contributed by atoms with Gasteiger partial charge in [-0.25, -0.2) is 0 Å². The van der Waals surface area contributed by atoms with Gasteiger partial charge in [0.2, 0.25) is 18.2 Å². The molecule has 12 heteroatoms. The van der Waals surface area contributed by atoms with Gasteiger partial charge >= 0.3 is 0 Å². The van der Waals surface area contributed by atoms with E-state index in [9.17, 15) is 19.2 Å². The topological polar surface area (TPSA) is 153 Å². The highest BCUT2D eigenvalue weighted by Crippen LogP contribution is 2.01. The van der Waals surface area contributed by atoms with Gasteiger partial charge in [0.1, 0.15) is 19.0 Å². The van der Waals surface area contributed by atoms with Gasteiger partial charge in [-0.15, -0.1) is 0 Å². The Balaban J connectivity index is 3.37. The Kier molecular flexibility index (Phi) is 21.6. The largest absolute Gasteiger partial charge is 0.377 e. The first-order valence-corrected chi connectivity index (χ1v) is 11.2. The lowest BCUT2D eigenvalue weighted by atomic mass is 10.1. The Labute approximate surface area is 195 Å². The highest BCUT2D eigenvalue weighted by atomic mass is 16.5. The fourth-order valence-electron chi connectivity index (χ4n) is 2.58. The minimum atomic E-state index is -0.253. The number of ketones is 1. The molecule has 0 saturated heterocycles. The second-order valence-electron chi connectivity index (χ2n) is 7.05. The van der Waals surface area contributed by atoms with E-state index < -0.39 is 0 Å². The molecule has 0 aliphatic heterocycles. The van der Waals surface area contributed by atoms with Crippen molar-refractivity contribution in [1.29, 1.82) is 0 Å². The molecule has 0 aromatic heterocycles. The lowest BCUT2D eigenvalue weighted by molar-refractivity contribution is -0.127. The van der Waals surface area contributed by atoms with Crippen molar-refractivity contribution in [2.75, 3.05) is 79.5 Å². The summed E-state index contributed by atoms with van der Waals surface area (Å²) in [6.45, 7) is 4.70. The molecule has 0 heterocycles. The van der Waals surface area contributed by atoms with Gasteiger partial charge in [0.05, 0.1) is 45.7 Å². The number of likely N-dealkylation sites (N-methyl/N-ethyl adjacent to an activating group) is 1. The van der Waals surface area contributed by atoms with Gasteiger partial charge in [0, 0.05) is 19.6 Å². The van der Waals surface area contributed by atoms with Crippen molar-refractivity contribution in [2.45, 2.75) is 32.2 Å². The van der Waals surface area contributed by atoms with E-state index in [1.165, 1.54) is 0 Å². The highest BCUT2D eigenvalue weighted by Gasteiger charge is 2.10. The number of hydrogen-bond acceptors (Lipinski definition) is 9. The van der Waals surface area contributed by atoms with Crippen molar-refractivity contribution in [1.82, 2.24) is 21.3 Å². The normalized spacial score (nSPS) is 11.6. The standard InChI is InChI=1S/C21H40N4O8/c1-18(27)19(22-2)5-3-4-6-24-20(28)15-32-14-12-31-10-8-25-21(29)16-33-13-11-30-9-7-23-17-26/h17,19,22H,3-16H2,1-2H3,(H,23,26)(H,24,28)(H,25,29). The van der Waals surface area contributed by atoms with Gasteiger partial charge in [0.25, 0.3) is 0 Å². The van der Waals surface area contributed by atoms with Gasteiger partial charge in [-0.3, -0.25) is 19.2 Å². The molecule has 0 saturated carbocycles. The minimum Gasteiger partial charge on any atom is -0.377 e. The Bertz CT molecular complexity index is 536. The van der Waals surface area contributed by atoms with Crippen LogP contribution in [-0.2, 0) is 38.1 Å². The van der Waals surface area contributed by atoms with Crippen molar-refractivity contribution in [2.24, 2.45) is 0 Å². The molecule has 0 aromatic rings. The Hall–Kier alpha value is -2.12. The molecule has 0 aliphatic carbocycles. The zero-order chi connectivity index (χ0) is 24.6.